The van der Waals surface area contributed by atoms with Gasteiger partial charge in [0.15, 0.2) is 6.10 Å². The van der Waals surface area contributed by atoms with Crippen molar-refractivity contribution in [2.45, 2.75) is 13.0 Å². The van der Waals surface area contributed by atoms with Crippen LogP contribution in [0.15, 0.2) is 56.7 Å². The van der Waals surface area contributed by atoms with Gasteiger partial charge >= 0.3 is 5.97 Å². The summed E-state index contributed by atoms with van der Waals surface area (Å²) in [5, 5.41) is 16.7. The normalized spacial score (nSPS) is 12.1. The lowest BCUT2D eigenvalue weighted by Crippen LogP contribution is -2.10. The highest BCUT2D eigenvalue weighted by Gasteiger charge is 2.21. The average Bonchev–Trinajstić information content (AvgIpc) is 3.42. The van der Waals surface area contributed by atoms with E-state index in [0.717, 1.165) is 14.9 Å². The van der Waals surface area contributed by atoms with Crippen molar-refractivity contribution < 1.29 is 13.9 Å². The lowest BCUT2D eigenvalue weighted by molar-refractivity contribution is 0.0273. The Labute approximate surface area is 166 Å². The maximum absolute atomic E-state index is 12.4. The molecule has 0 spiro atoms. The minimum atomic E-state index is -0.682. The molecule has 1 atom stereocenters. The second-order valence-corrected chi connectivity index (χ2v) is 7.51. The Morgan fingerprint density at radius 2 is 2.07 bits per heavy atom. The van der Waals surface area contributed by atoms with Crippen molar-refractivity contribution in [3.05, 3.63) is 63.9 Å². The van der Waals surface area contributed by atoms with Crippen LogP contribution in [0.2, 0.25) is 0 Å². The fourth-order valence-electron chi connectivity index (χ4n) is 2.37. The Morgan fingerprint density at radius 3 is 2.81 bits per heavy atom. The van der Waals surface area contributed by atoms with Crippen molar-refractivity contribution in [1.29, 1.82) is 0 Å². The van der Waals surface area contributed by atoms with Crippen LogP contribution in [0.5, 0.6) is 0 Å². The summed E-state index contributed by atoms with van der Waals surface area (Å²) >= 11 is 4.88. The number of halogens is 1. The number of ether oxygens (including phenoxy) is 1. The Kier molecular flexibility index (Phi) is 4.87. The molecule has 9 heteroatoms. The zero-order chi connectivity index (χ0) is 18.8. The molecule has 7 nitrogen and oxygen atoms in total. The molecule has 1 unspecified atom stereocenters. The zero-order valence-corrected chi connectivity index (χ0v) is 16.5. The van der Waals surface area contributed by atoms with Crippen molar-refractivity contribution in [3.8, 4) is 22.0 Å². The second-order valence-electron chi connectivity index (χ2n) is 5.64. The third-order valence-corrected chi connectivity index (χ3v) is 5.13. The highest BCUT2D eigenvalue weighted by Crippen LogP contribution is 2.26. The summed E-state index contributed by atoms with van der Waals surface area (Å²) in [6, 6.07) is 13.0. The Bertz CT molecular complexity index is 1060. The van der Waals surface area contributed by atoms with Crippen LogP contribution in [0.4, 0.5) is 0 Å². The van der Waals surface area contributed by atoms with Gasteiger partial charge < -0.3 is 9.15 Å². The first-order chi connectivity index (χ1) is 13.1. The fraction of sp³-hybridized carbons (Fsp3) is 0.111. The van der Waals surface area contributed by atoms with Crippen molar-refractivity contribution in [2.75, 3.05) is 0 Å². The Hall–Kier alpha value is -2.78. The van der Waals surface area contributed by atoms with Gasteiger partial charge in [0.1, 0.15) is 5.69 Å². The molecule has 1 aromatic carbocycles. The summed E-state index contributed by atoms with van der Waals surface area (Å²) in [4.78, 5) is 13.2. The van der Waals surface area contributed by atoms with Crippen LogP contribution < -0.4 is 0 Å². The van der Waals surface area contributed by atoms with E-state index in [0.29, 0.717) is 11.6 Å². The van der Waals surface area contributed by atoms with Gasteiger partial charge in [-0.3, -0.25) is 5.10 Å². The molecule has 0 saturated carbocycles. The standard InChI is InChI=1S/C18H13BrN4O3S/c1-10(16-22-23-17(26-16)15-3-2-8-27-15)25-18(24)14-9-13(20-21-14)11-4-6-12(19)7-5-11/h2-10H,1H3,(H,20,21). The number of nitrogens with one attached hydrogen (secondary N) is 1. The van der Waals surface area contributed by atoms with Gasteiger partial charge in [-0.2, -0.15) is 5.10 Å². The molecule has 0 aliphatic carbocycles. The van der Waals surface area contributed by atoms with Gasteiger partial charge in [0, 0.05) is 10.0 Å². The van der Waals surface area contributed by atoms with Crippen molar-refractivity contribution in [2.24, 2.45) is 0 Å². The lowest BCUT2D eigenvalue weighted by Gasteiger charge is -2.07. The molecular weight excluding hydrogens is 432 g/mol. The minimum absolute atomic E-state index is 0.236. The predicted octanol–water partition coefficient (Wildman–Crippen LogP) is 4.87. The van der Waals surface area contributed by atoms with Crippen LogP contribution in [-0.4, -0.2) is 26.4 Å². The van der Waals surface area contributed by atoms with Gasteiger partial charge in [-0.05, 0) is 36.6 Å². The van der Waals surface area contributed by atoms with E-state index in [1.807, 2.05) is 41.8 Å². The van der Waals surface area contributed by atoms with Gasteiger partial charge in [0.2, 0.25) is 0 Å². The molecule has 1 N–H and O–H groups in total. The zero-order valence-electron chi connectivity index (χ0n) is 14.0. The van der Waals surface area contributed by atoms with Crippen LogP contribution in [0.3, 0.4) is 0 Å². The molecule has 0 bridgehead atoms. The number of esters is 1. The molecule has 0 aliphatic heterocycles. The topological polar surface area (TPSA) is 93.9 Å². The highest BCUT2D eigenvalue weighted by atomic mass is 79.9. The van der Waals surface area contributed by atoms with E-state index in [9.17, 15) is 4.79 Å². The van der Waals surface area contributed by atoms with Gasteiger partial charge in [-0.1, -0.05) is 34.1 Å². The number of carbonyl (C=O) groups is 1. The number of benzene rings is 1. The van der Waals surface area contributed by atoms with E-state index in [-0.39, 0.29) is 11.6 Å². The number of thiophene rings is 1. The molecule has 3 aromatic heterocycles. The highest BCUT2D eigenvalue weighted by molar-refractivity contribution is 9.10. The number of nitrogens with zero attached hydrogens (tertiary/aromatic N) is 3. The van der Waals surface area contributed by atoms with Gasteiger partial charge in [-0.15, -0.1) is 21.5 Å². The van der Waals surface area contributed by atoms with Crippen molar-refractivity contribution in [3.63, 3.8) is 0 Å². The van der Waals surface area contributed by atoms with Crippen LogP contribution in [0.1, 0.15) is 29.4 Å². The number of carbonyl (C=O) groups excluding carboxylic acids is 1. The number of aromatic amines is 1. The van der Waals surface area contributed by atoms with E-state index in [4.69, 9.17) is 9.15 Å². The van der Waals surface area contributed by atoms with Crippen LogP contribution in [-0.2, 0) is 4.74 Å². The summed E-state index contributed by atoms with van der Waals surface area (Å²) < 4.78 is 12.0. The number of aromatic nitrogens is 4. The first kappa shape index (κ1) is 17.6. The third kappa shape index (κ3) is 3.83. The molecule has 0 amide bonds. The number of H-pyrrole nitrogens is 1. The predicted molar refractivity (Wildman–Crippen MR) is 103 cm³/mol. The quantitative estimate of drug-likeness (QED) is 0.441. The molecule has 27 heavy (non-hydrogen) atoms. The second kappa shape index (κ2) is 7.45. The smallest absolute Gasteiger partial charge is 0.357 e. The van der Waals surface area contributed by atoms with Gasteiger partial charge in [0.05, 0.1) is 10.6 Å². The molecular formula is C18H13BrN4O3S. The molecule has 0 fully saturated rings. The van der Waals surface area contributed by atoms with Crippen LogP contribution >= 0.6 is 27.3 Å². The van der Waals surface area contributed by atoms with Gasteiger partial charge in [0.25, 0.3) is 11.8 Å². The first-order valence-corrected chi connectivity index (χ1v) is 9.67. The summed E-state index contributed by atoms with van der Waals surface area (Å²) in [5.74, 6) is 0.0931. The fourth-order valence-corrected chi connectivity index (χ4v) is 3.28. The minimum Gasteiger partial charge on any atom is -0.448 e. The van der Waals surface area contributed by atoms with Crippen molar-refractivity contribution in [1.82, 2.24) is 20.4 Å². The monoisotopic (exact) mass is 444 g/mol. The van der Waals surface area contributed by atoms with E-state index in [1.54, 1.807) is 13.0 Å². The van der Waals surface area contributed by atoms with E-state index in [2.05, 4.69) is 36.3 Å². The Balaban J connectivity index is 1.45. The summed E-state index contributed by atoms with van der Waals surface area (Å²) in [5.41, 5.74) is 1.79. The molecule has 0 radical (unpaired) electrons. The van der Waals surface area contributed by atoms with E-state index in [1.165, 1.54) is 11.3 Å². The molecule has 0 aliphatic rings. The van der Waals surface area contributed by atoms with Crippen LogP contribution in [0, 0.1) is 0 Å². The summed E-state index contributed by atoms with van der Waals surface area (Å²) in [7, 11) is 0. The van der Waals surface area contributed by atoms with Crippen molar-refractivity contribution >= 4 is 33.2 Å². The van der Waals surface area contributed by atoms with E-state index >= 15 is 0 Å². The third-order valence-electron chi connectivity index (χ3n) is 3.74. The molecule has 136 valence electrons. The van der Waals surface area contributed by atoms with Gasteiger partial charge in [-0.25, -0.2) is 4.79 Å². The molecule has 0 saturated heterocycles. The largest absolute Gasteiger partial charge is 0.448 e. The average molecular weight is 445 g/mol. The maximum atomic E-state index is 12.4. The molecule has 3 heterocycles. The summed E-state index contributed by atoms with van der Waals surface area (Å²) in [6.07, 6.45) is -0.682. The number of hydrogen-bond donors (Lipinski definition) is 1. The molecule has 4 rings (SSSR count). The number of hydrogen-bond acceptors (Lipinski definition) is 7. The SMILES string of the molecule is CC(OC(=O)c1cc(-c2ccc(Br)cc2)n[nH]1)c1nnc(-c2cccs2)o1. The lowest BCUT2D eigenvalue weighted by atomic mass is 10.1. The summed E-state index contributed by atoms with van der Waals surface area (Å²) in [6.45, 7) is 1.68. The van der Waals surface area contributed by atoms with Crippen LogP contribution in [0.25, 0.3) is 22.0 Å². The molecule has 4 aromatic rings. The first-order valence-electron chi connectivity index (χ1n) is 8.00. The maximum Gasteiger partial charge on any atom is 0.357 e. The van der Waals surface area contributed by atoms with E-state index < -0.39 is 12.1 Å². The Morgan fingerprint density at radius 1 is 1.26 bits per heavy atom. The number of rotatable bonds is 5.